The van der Waals surface area contributed by atoms with Crippen LogP contribution in [0.4, 0.5) is 5.82 Å². The zero-order chi connectivity index (χ0) is 14.1. The molecule has 2 fully saturated rings. The van der Waals surface area contributed by atoms with Gasteiger partial charge in [0.25, 0.3) is 0 Å². The van der Waals surface area contributed by atoms with Crippen molar-refractivity contribution in [1.29, 1.82) is 0 Å². The zero-order valence-corrected chi connectivity index (χ0v) is 13.1. The van der Waals surface area contributed by atoms with Crippen LogP contribution in [0, 0.1) is 6.92 Å². The Labute approximate surface area is 123 Å². The van der Waals surface area contributed by atoms with Gasteiger partial charge < -0.3 is 4.90 Å². The van der Waals surface area contributed by atoms with Crippen molar-refractivity contribution in [2.24, 2.45) is 0 Å². The summed E-state index contributed by atoms with van der Waals surface area (Å²) in [4.78, 5) is 9.81. The van der Waals surface area contributed by atoms with E-state index in [1.807, 2.05) is 0 Å². The summed E-state index contributed by atoms with van der Waals surface area (Å²) < 4.78 is 0. The molecule has 2 aliphatic rings. The van der Waals surface area contributed by atoms with Crippen LogP contribution in [-0.4, -0.2) is 35.6 Å². The molecular weight excluding hydrogens is 246 g/mol. The fourth-order valence-corrected chi connectivity index (χ4v) is 3.76. The van der Waals surface area contributed by atoms with Gasteiger partial charge in [-0.3, -0.25) is 4.90 Å². The standard InChI is InChI=1S/C17H27N3/c1-13(2)20-10-6-7-16(20)15-12-18-17(11-14(15)3)19-8-4-5-9-19/h11-13,16H,4-10H2,1-3H3/t16-/m1/s1. The predicted molar refractivity (Wildman–Crippen MR) is 84.2 cm³/mol. The van der Waals surface area contributed by atoms with Crippen molar-refractivity contribution >= 4 is 5.82 Å². The molecule has 1 aromatic rings. The van der Waals surface area contributed by atoms with Crippen molar-refractivity contribution in [3.05, 3.63) is 23.4 Å². The van der Waals surface area contributed by atoms with Gasteiger partial charge in [0, 0.05) is 31.4 Å². The Morgan fingerprint density at radius 1 is 1.15 bits per heavy atom. The van der Waals surface area contributed by atoms with Crippen molar-refractivity contribution in [1.82, 2.24) is 9.88 Å². The highest BCUT2D eigenvalue weighted by Crippen LogP contribution is 2.35. The van der Waals surface area contributed by atoms with Gasteiger partial charge in [0.05, 0.1) is 0 Å². The molecular formula is C17H27N3. The van der Waals surface area contributed by atoms with Crippen molar-refractivity contribution < 1.29 is 0 Å². The summed E-state index contributed by atoms with van der Waals surface area (Å²) >= 11 is 0. The second kappa shape index (κ2) is 5.72. The lowest BCUT2D eigenvalue weighted by atomic mass is 10.0. The Balaban J connectivity index is 1.83. The molecule has 2 saturated heterocycles. The average Bonchev–Trinajstić information content (AvgIpc) is 3.10. The summed E-state index contributed by atoms with van der Waals surface area (Å²) in [6, 6.07) is 3.51. The van der Waals surface area contributed by atoms with E-state index >= 15 is 0 Å². The van der Waals surface area contributed by atoms with Crippen LogP contribution in [0.5, 0.6) is 0 Å². The number of hydrogen-bond donors (Lipinski definition) is 0. The van der Waals surface area contributed by atoms with E-state index in [0.29, 0.717) is 12.1 Å². The topological polar surface area (TPSA) is 19.4 Å². The Kier molecular flexibility index (Phi) is 3.97. The van der Waals surface area contributed by atoms with Gasteiger partial charge in [0.15, 0.2) is 0 Å². The molecule has 1 aromatic heterocycles. The van der Waals surface area contributed by atoms with Crippen LogP contribution in [0.15, 0.2) is 12.3 Å². The minimum absolute atomic E-state index is 0.579. The van der Waals surface area contributed by atoms with E-state index in [1.54, 1.807) is 0 Å². The minimum Gasteiger partial charge on any atom is -0.357 e. The summed E-state index contributed by atoms with van der Waals surface area (Å²) in [5, 5.41) is 0. The summed E-state index contributed by atoms with van der Waals surface area (Å²) in [5.41, 5.74) is 2.86. The Morgan fingerprint density at radius 3 is 2.55 bits per heavy atom. The first-order valence-corrected chi connectivity index (χ1v) is 8.14. The second-order valence-corrected chi connectivity index (χ2v) is 6.58. The molecule has 0 bridgehead atoms. The maximum absolute atomic E-state index is 4.76. The van der Waals surface area contributed by atoms with Crippen LogP contribution in [0.1, 0.15) is 56.7 Å². The number of nitrogens with zero attached hydrogens (tertiary/aromatic N) is 3. The maximum atomic E-state index is 4.76. The molecule has 0 saturated carbocycles. The van der Waals surface area contributed by atoms with Crippen LogP contribution < -0.4 is 4.90 Å². The molecule has 0 aliphatic carbocycles. The molecule has 0 radical (unpaired) electrons. The fraction of sp³-hybridized carbons (Fsp3) is 0.706. The second-order valence-electron chi connectivity index (χ2n) is 6.58. The normalized spacial score (nSPS) is 24.0. The lowest BCUT2D eigenvalue weighted by molar-refractivity contribution is 0.205. The largest absolute Gasteiger partial charge is 0.357 e. The van der Waals surface area contributed by atoms with Crippen LogP contribution in [-0.2, 0) is 0 Å². The molecule has 110 valence electrons. The Morgan fingerprint density at radius 2 is 1.90 bits per heavy atom. The fourth-order valence-electron chi connectivity index (χ4n) is 3.76. The molecule has 2 aliphatic heterocycles. The molecule has 3 nitrogen and oxygen atoms in total. The number of likely N-dealkylation sites (tertiary alicyclic amines) is 1. The Hall–Kier alpha value is -1.09. The number of anilines is 1. The molecule has 0 unspecified atom stereocenters. The van der Waals surface area contributed by atoms with Crippen LogP contribution >= 0.6 is 0 Å². The SMILES string of the molecule is Cc1cc(N2CCCC2)ncc1[C@H]1CCCN1C(C)C. The van der Waals surface area contributed by atoms with E-state index < -0.39 is 0 Å². The van der Waals surface area contributed by atoms with E-state index in [9.17, 15) is 0 Å². The molecule has 20 heavy (non-hydrogen) atoms. The Bertz CT molecular complexity index is 463. The van der Waals surface area contributed by atoms with E-state index in [2.05, 4.69) is 42.8 Å². The number of hydrogen-bond acceptors (Lipinski definition) is 3. The smallest absolute Gasteiger partial charge is 0.128 e. The highest BCUT2D eigenvalue weighted by molar-refractivity contribution is 5.45. The summed E-state index contributed by atoms with van der Waals surface area (Å²) in [7, 11) is 0. The van der Waals surface area contributed by atoms with E-state index in [4.69, 9.17) is 4.98 Å². The monoisotopic (exact) mass is 273 g/mol. The zero-order valence-electron chi connectivity index (χ0n) is 13.1. The van der Waals surface area contributed by atoms with Gasteiger partial charge in [0.2, 0.25) is 0 Å². The number of pyridine rings is 1. The minimum atomic E-state index is 0.579. The molecule has 0 N–H and O–H groups in total. The number of aromatic nitrogens is 1. The van der Waals surface area contributed by atoms with Gasteiger partial charge in [0.1, 0.15) is 5.82 Å². The van der Waals surface area contributed by atoms with Crippen molar-refractivity contribution in [3.8, 4) is 0 Å². The van der Waals surface area contributed by atoms with Gasteiger partial charge in [-0.25, -0.2) is 4.98 Å². The van der Waals surface area contributed by atoms with Gasteiger partial charge in [-0.1, -0.05) is 0 Å². The van der Waals surface area contributed by atoms with Crippen LogP contribution in [0.2, 0.25) is 0 Å². The number of aryl methyl sites for hydroxylation is 1. The maximum Gasteiger partial charge on any atom is 0.128 e. The third-order valence-electron chi connectivity index (χ3n) is 4.88. The van der Waals surface area contributed by atoms with Gasteiger partial charge >= 0.3 is 0 Å². The average molecular weight is 273 g/mol. The first-order valence-electron chi connectivity index (χ1n) is 8.14. The van der Waals surface area contributed by atoms with E-state index in [0.717, 1.165) is 0 Å². The molecule has 1 atom stereocenters. The van der Waals surface area contributed by atoms with Crippen molar-refractivity contribution in [2.75, 3.05) is 24.5 Å². The van der Waals surface area contributed by atoms with Crippen molar-refractivity contribution in [2.45, 2.75) is 58.5 Å². The highest BCUT2D eigenvalue weighted by Gasteiger charge is 2.29. The molecule has 0 spiro atoms. The molecule has 0 amide bonds. The summed E-state index contributed by atoms with van der Waals surface area (Å²) in [5.74, 6) is 1.18. The lowest BCUT2D eigenvalue weighted by Gasteiger charge is -2.29. The third kappa shape index (κ3) is 2.56. The van der Waals surface area contributed by atoms with E-state index in [-0.39, 0.29) is 0 Å². The third-order valence-corrected chi connectivity index (χ3v) is 4.88. The summed E-state index contributed by atoms with van der Waals surface area (Å²) in [6.45, 7) is 10.4. The quantitative estimate of drug-likeness (QED) is 0.840. The first kappa shape index (κ1) is 13.9. The van der Waals surface area contributed by atoms with Gasteiger partial charge in [-0.15, -0.1) is 0 Å². The lowest BCUT2D eigenvalue weighted by Crippen LogP contribution is -2.30. The van der Waals surface area contributed by atoms with Gasteiger partial charge in [-0.05, 0) is 70.2 Å². The number of rotatable bonds is 3. The highest BCUT2D eigenvalue weighted by atomic mass is 15.2. The molecule has 3 rings (SSSR count). The van der Waals surface area contributed by atoms with Crippen LogP contribution in [0.3, 0.4) is 0 Å². The molecule has 0 aromatic carbocycles. The van der Waals surface area contributed by atoms with Crippen LogP contribution in [0.25, 0.3) is 0 Å². The van der Waals surface area contributed by atoms with Gasteiger partial charge in [-0.2, -0.15) is 0 Å². The van der Waals surface area contributed by atoms with E-state index in [1.165, 1.54) is 62.3 Å². The molecule has 3 heteroatoms. The summed E-state index contributed by atoms with van der Waals surface area (Å²) in [6.07, 6.45) is 7.37. The predicted octanol–water partition coefficient (Wildman–Crippen LogP) is 3.54. The first-order chi connectivity index (χ1) is 9.66. The van der Waals surface area contributed by atoms with Crippen molar-refractivity contribution in [3.63, 3.8) is 0 Å². The molecule has 3 heterocycles.